The Morgan fingerprint density at radius 1 is 1.30 bits per heavy atom. The van der Waals surface area contributed by atoms with E-state index in [9.17, 15) is 22.4 Å². The van der Waals surface area contributed by atoms with Crippen molar-refractivity contribution in [3.63, 3.8) is 0 Å². The SMILES string of the molecule is CCC(C)CCNC(=O)c1cc(F)cc(C(F)(F)F)c1. The summed E-state index contributed by atoms with van der Waals surface area (Å²) in [4.78, 5) is 11.7. The van der Waals surface area contributed by atoms with Crippen molar-refractivity contribution in [3.8, 4) is 0 Å². The van der Waals surface area contributed by atoms with E-state index in [1.165, 1.54) is 0 Å². The third-order valence-electron chi connectivity index (χ3n) is 3.11. The molecule has 112 valence electrons. The second-order valence-corrected chi connectivity index (χ2v) is 4.78. The highest BCUT2D eigenvalue weighted by Gasteiger charge is 2.31. The van der Waals surface area contributed by atoms with E-state index in [0.29, 0.717) is 24.6 Å². The summed E-state index contributed by atoms with van der Waals surface area (Å²) >= 11 is 0. The lowest BCUT2D eigenvalue weighted by Gasteiger charge is -2.11. The summed E-state index contributed by atoms with van der Waals surface area (Å²) in [5.41, 5.74) is -1.48. The zero-order valence-corrected chi connectivity index (χ0v) is 11.4. The predicted octanol–water partition coefficient (Wildman–Crippen LogP) is 4.01. The van der Waals surface area contributed by atoms with E-state index in [1.54, 1.807) is 0 Å². The van der Waals surface area contributed by atoms with Crippen molar-refractivity contribution in [1.29, 1.82) is 0 Å². The third-order valence-corrected chi connectivity index (χ3v) is 3.11. The van der Waals surface area contributed by atoms with Gasteiger partial charge < -0.3 is 5.32 Å². The molecule has 0 aliphatic rings. The Bertz CT molecular complexity index is 471. The standard InChI is InChI=1S/C14H17F4NO/c1-3-9(2)4-5-19-13(20)10-6-11(14(16,17)18)8-12(15)7-10/h6-9H,3-5H2,1-2H3,(H,19,20). The number of rotatable bonds is 5. The predicted molar refractivity (Wildman–Crippen MR) is 67.8 cm³/mol. The van der Waals surface area contributed by atoms with Crippen molar-refractivity contribution in [2.75, 3.05) is 6.54 Å². The van der Waals surface area contributed by atoms with Crippen LogP contribution in [0.1, 0.15) is 42.6 Å². The van der Waals surface area contributed by atoms with Gasteiger partial charge in [-0.25, -0.2) is 4.39 Å². The van der Waals surface area contributed by atoms with Crippen LogP contribution >= 0.6 is 0 Å². The quantitative estimate of drug-likeness (QED) is 0.816. The number of benzene rings is 1. The van der Waals surface area contributed by atoms with Gasteiger partial charge in [0.1, 0.15) is 5.82 Å². The van der Waals surface area contributed by atoms with Gasteiger partial charge in [-0.3, -0.25) is 4.79 Å². The first kappa shape index (κ1) is 16.5. The van der Waals surface area contributed by atoms with E-state index in [0.717, 1.165) is 18.9 Å². The van der Waals surface area contributed by atoms with Gasteiger partial charge in [-0.05, 0) is 30.5 Å². The molecule has 1 atom stereocenters. The van der Waals surface area contributed by atoms with Crippen LogP contribution in [0.25, 0.3) is 0 Å². The number of amides is 1. The molecule has 6 heteroatoms. The Balaban J connectivity index is 2.76. The topological polar surface area (TPSA) is 29.1 Å². The zero-order valence-electron chi connectivity index (χ0n) is 11.4. The molecule has 0 saturated carbocycles. The van der Waals surface area contributed by atoms with Crippen LogP contribution in [0.15, 0.2) is 18.2 Å². The smallest absolute Gasteiger partial charge is 0.352 e. The molecule has 1 amide bonds. The van der Waals surface area contributed by atoms with Crippen LogP contribution in [0.5, 0.6) is 0 Å². The van der Waals surface area contributed by atoms with Crippen molar-refractivity contribution in [1.82, 2.24) is 5.32 Å². The molecule has 1 unspecified atom stereocenters. The minimum absolute atomic E-state index is 0.318. The Labute approximate surface area is 115 Å². The van der Waals surface area contributed by atoms with E-state index >= 15 is 0 Å². The van der Waals surface area contributed by atoms with Gasteiger partial charge in [0.2, 0.25) is 0 Å². The average molecular weight is 291 g/mol. The van der Waals surface area contributed by atoms with Gasteiger partial charge in [-0.15, -0.1) is 0 Å². The number of alkyl halides is 3. The molecule has 0 fully saturated rings. The van der Waals surface area contributed by atoms with Gasteiger partial charge in [0.05, 0.1) is 5.56 Å². The number of halogens is 4. The Morgan fingerprint density at radius 2 is 1.95 bits per heavy atom. The Hall–Kier alpha value is -1.59. The van der Waals surface area contributed by atoms with Crippen molar-refractivity contribution >= 4 is 5.91 Å². The van der Waals surface area contributed by atoms with Crippen molar-refractivity contribution in [3.05, 3.63) is 35.1 Å². The maximum atomic E-state index is 13.1. The van der Waals surface area contributed by atoms with Crippen molar-refractivity contribution < 1.29 is 22.4 Å². The lowest BCUT2D eigenvalue weighted by molar-refractivity contribution is -0.137. The molecule has 0 aromatic heterocycles. The van der Waals surface area contributed by atoms with E-state index < -0.39 is 23.5 Å². The highest BCUT2D eigenvalue weighted by Crippen LogP contribution is 2.30. The van der Waals surface area contributed by atoms with E-state index in [4.69, 9.17) is 0 Å². The van der Waals surface area contributed by atoms with Crippen LogP contribution in [0, 0.1) is 11.7 Å². The fourth-order valence-electron chi connectivity index (χ4n) is 1.62. The molecule has 20 heavy (non-hydrogen) atoms. The number of carbonyl (C=O) groups excluding carboxylic acids is 1. The third kappa shape index (κ3) is 4.83. The van der Waals surface area contributed by atoms with E-state index in [2.05, 4.69) is 5.32 Å². The summed E-state index contributed by atoms with van der Waals surface area (Å²) in [6.07, 6.45) is -2.99. The van der Waals surface area contributed by atoms with Crippen LogP contribution in [0.4, 0.5) is 17.6 Å². The minimum atomic E-state index is -4.67. The summed E-state index contributed by atoms with van der Waals surface area (Å²) in [6, 6.07) is 1.82. The summed E-state index contributed by atoms with van der Waals surface area (Å²) in [6.45, 7) is 4.37. The fourth-order valence-corrected chi connectivity index (χ4v) is 1.62. The van der Waals surface area contributed by atoms with Crippen LogP contribution < -0.4 is 5.32 Å². The molecule has 1 aromatic carbocycles. The van der Waals surface area contributed by atoms with E-state index in [1.807, 2.05) is 13.8 Å². The summed E-state index contributed by atoms with van der Waals surface area (Å²) in [7, 11) is 0. The molecule has 1 N–H and O–H groups in total. The second-order valence-electron chi connectivity index (χ2n) is 4.78. The molecular formula is C14H17F4NO. The first-order chi connectivity index (χ1) is 9.24. The Morgan fingerprint density at radius 3 is 2.50 bits per heavy atom. The first-order valence-electron chi connectivity index (χ1n) is 6.40. The van der Waals surface area contributed by atoms with Crippen LogP contribution in [0.2, 0.25) is 0 Å². The maximum absolute atomic E-state index is 13.1. The summed E-state index contributed by atoms with van der Waals surface area (Å²) < 4.78 is 50.7. The molecule has 0 radical (unpaired) electrons. The highest BCUT2D eigenvalue weighted by atomic mass is 19.4. The fraction of sp³-hybridized carbons (Fsp3) is 0.500. The normalized spacial score (nSPS) is 13.1. The average Bonchev–Trinajstić information content (AvgIpc) is 2.36. The Kier molecular flexibility index (Phi) is 5.53. The second kappa shape index (κ2) is 6.72. The largest absolute Gasteiger partial charge is 0.416 e. The summed E-state index contributed by atoms with van der Waals surface area (Å²) in [5.74, 6) is -1.36. The van der Waals surface area contributed by atoms with Gasteiger partial charge in [0.15, 0.2) is 0 Å². The molecule has 1 rings (SSSR count). The molecular weight excluding hydrogens is 274 g/mol. The molecule has 0 aliphatic heterocycles. The van der Waals surface area contributed by atoms with Crippen molar-refractivity contribution in [2.45, 2.75) is 32.9 Å². The highest BCUT2D eigenvalue weighted by molar-refractivity contribution is 5.94. The zero-order chi connectivity index (χ0) is 15.3. The monoisotopic (exact) mass is 291 g/mol. The van der Waals surface area contributed by atoms with Gasteiger partial charge in [-0.2, -0.15) is 13.2 Å². The molecule has 0 bridgehead atoms. The van der Waals surface area contributed by atoms with E-state index in [-0.39, 0.29) is 5.56 Å². The lowest BCUT2D eigenvalue weighted by atomic mass is 10.1. The van der Waals surface area contributed by atoms with Gasteiger partial charge in [-0.1, -0.05) is 20.3 Å². The number of hydrogen-bond acceptors (Lipinski definition) is 1. The number of nitrogens with one attached hydrogen (secondary N) is 1. The molecule has 0 saturated heterocycles. The van der Waals surface area contributed by atoms with Crippen molar-refractivity contribution in [2.24, 2.45) is 5.92 Å². The molecule has 2 nitrogen and oxygen atoms in total. The lowest BCUT2D eigenvalue weighted by Crippen LogP contribution is -2.26. The molecule has 0 heterocycles. The molecule has 0 spiro atoms. The maximum Gasteiger partial charge on any atom is 0.416 e. The number of carbonyl (C=O) groups is 1. The van der Waals surface area contributed by atoms with Gasteiger partial charge in [0.25, 0.3) is 5.91 Å². The van der Waals surface area contributed by atoms with Gasteiger partial charge >= 0.3 is 6.18 Å². The van der Waals surface area contributed by atoms with Crippen LogP contribution in [-0.4, -0.2) is 12.5 Å². The minimum Gasteiger partial charge on any atom is -0.352 e. The number of hydrogen-bond donors (Lipinski definition) is 1. The molecule has 1 aromatic rings. The van der Waals surface area contributed by atoms with Crippen LogP contribution in [-0.2, 0) is 6.18 Å². The van der Waals surface area contributed by atoms with Gasteiger partial charge in [0, 0.05) is 12.1 Å². The van der Waals surface area contributed by atoms with Crippen LogP contribution in [0.3, 0.4) is 0 Å². The first-order valence-corrected chi connectivity index (χ1v) is 6.40. The molecule has 0 aliphatic carbocycles. The summed E-state index contributed by atoms with van der Waals surface area (Å²) in [5, 5.41) is 2.50.